The number of nitrogens with one attached hydrogen (secondary N) is 1. The molecule has 1 aliphatic rings. The predicted octanol–water partition coefficient (Wildman–Crippen LogP) is 6.25. The average Bonchev–Trinajstić information content (AvgIpc) is 2.99. The summed E-state index contributed by atoms with van der Waals surface area (Å²) in [7, 11) is 1.63. The first-order valence-electron chi connectivity index (χ1n) is 14.5. The number of rotatable bonds is 13. The molecule has 1 unspecified atom stereocenters. The topological polar surface area (TPSA) is 67.9 Å². The van der Waals surface area contributed by atoms with Gasteiger partial charge in [-0.15, -0.1) is 0 Å². The molecule has 0 heterocycles. The molecule has 0 aromatic heterocycles. The predicted molar refractivity (Wildman–Crippen MR) is 158 cm³/mol. The number of benzene rings is 3. The van der Waals surface area contributed by atoms with Crippen molar-refractivity contribution in [2.24, 2.45) is 0 Å². The average molecular weight is 543 g/mol. The summed E-state index contributed by atoms with van der Waals surface area (Å²) < 4.78 is 11.1. The van der Waals surface area contributed by atoms with E-state index in [1.165, 1.54) is 6.42 Å². The maximum absolute atomic E-state index is 13.8. The third-order valence-corrected chi connectivity index (χ3v) is 7.56. The Morgan fingerprint density at radius 1 is 0.875 bits per heavy atom. The van der Waals surface area contributed by atoms with Crippen LogP contribution in [0, 0.1) is 6.92 Å². The largest absolute Gasteiger partial charge is 0.497 e. The smallest absolute Gasteiger partial charge is 0.243 e. The van der Waals surface area contributed by atoms with Crippen molar-refractivity contribution in [2.45, 2.75) is 76.9 Å². The van der Waals surface area contributed by atoms with E-state index in [0.29, 0.717) is 32.4 Å². The zero-order valence-electron chi connectivity index (χ0n) is 23.8. The van der Waals surface area contributed by atoms with Gasteiger partial charge in [0.05, 0.1) is 13.7 Å². The number of hydrogen-bond donors (Lipinski definition) is 1. The highest BCUT2D eigenvalue weighted by Gasteiger charge is 2.31. The lowest BCUT2D eigenvalue weighted by Gasteiger charge is -2.33. The number of carbonyl (C=O) groups is 2. The fourth-order valence-corrected chi connectivity index (χ4v) is 5.22. The van der Waals surface area contributed by atoms with Gasteiger partial charge in [-0.05, 0) is 61.6 Å². The van der Waals surface area contributed by atoms with Gasteiger partial charge in [0.15, 0.2) is 0 Å². The molecule has 3 aromatic rings. The van der Waals surface area contributed by atoms with Gasteiger partial charge >= 0.3 is 0 Å². The highest BCUT2D eigenvalue weighted by Crippen LogP contribution is 2.21. The second-order valence-electron chi connectivity index (χ2n) is 10.7. The van der Waals surface area contributed by atoms with Crippen LogP contribution in [0.1, 0.15) is 61.6 Å². The van der Waals surface area contributed by atoms with Gasteiger partial charge in [-0.3, -0.25) is 9.59 Å². The van der Waals surface area contributed by atoms with Crippen molar-refractivity contribution in [3.63, 3.8) is 0 Å². The number of amides is 2. The fourth-order valence-electron chi connectivity index (χ4n) is 5.22. The Balaban J connectivity index is 1.50. The number of ether oxygens (including phenoxy) is 2. The van der Waals surface area contributed by atoms with Crippen LogP contribution >= 0.6 is 0 Å². The minimum atomic E-state index is -0.597. The summed E-state index contributed by atoms with van der Waals surface area (Å²) in [4.78, 5) is 29.4. The summed E-state index contributed by atoms with van der Waals surface area (Å²) in [6.07, 6.45) is 6.80. The Labute approximate surface area is 238 Å². The van der Waals surface area contributed by atoms with E-state index in [9.17, 15) is 9.59 Å². The molecule has 6 heteroatoms. The summed E-state index contributed by atoms with van der Waals surface area (Å²) in [5.41, 5.74) is 3.21. The van der Waals surface area contributed by atoms with E-state index in [-0.39, 0.29) is 17.9 Å². The Bertz CT molecular complexity index is 1190. The molecule has 6 nitrogen and oxygen atoms in total. The first-order valence-corrected chi connectivity index (χ1v) is 14.5. The van der Waals surface area contributed by atoms with E-state index >= 15 is 0 Å². The quantitative estimate of drug-likeness (QED) is 0.259. The van der Waals surface area contributed by atoms with Gasteiger partial charge in [0, 0.05) is 25.4 Å². The number of hydrogen-bond acceptors (Lipinski definition) is 4. The van der Waals surface area contributed by atoms with E-state index in [1.54, 1.807) is 12.0 Å². The van der Waals surface area contributed by atoms with Gasteiger partial charge in [-0.2, -0.15) is 0 Å². The first kappa shape index (κ1) is 29.2. The lowest BCUT2D eigenvalue weighted by molar-refractivity contribution is -0.141. The lowest BCUT2D eigenvalue weighted by atomic mass is 9.94. The van der Waals surface area contributed by atoms with Crippen molar-refractivity contribution in [3.8, 4) is 11.5 Å². The SMILES string of the molecule is COc1ccc(OCCCC(=O)N(Cc2ccc(C)cc2)C(Cc2ccccc2)C(=O)NC2CCCCC2)cc1. The van der Waals surface area contributed by atoms with Gasteiger partial charge < -0.3 is 19.7 Å². The second kappa shape index (κ2) is 15.1. The van der Waals surface area contributed by atoms with Crippen molar-refractivity contribution < 1.29 is 19.1 Å². The van der Waals surface area contributed by atoms with Crippen LogP contribution in [0.5, 0.6) is 11.5 Å². The van der Waals surface area contributed by atoms with Crippen LogP contribution < -0.4 is 14.8 Å². The standard InChI is InChI=1S/C34H42N2O4/c1-26-15-17-28(18-16-26)25-36(33(37)14-9-23-40-31-21-19-30(39-2)20-22-31)32(24-27-10-5-3-6-11-27)34(38)35-29-12-7-4-8-13-29/h3,5-6,10-11,15-22,29,32H,4,7-9,12-14,23-25H2,1-2H3,(H,35,38). The minimum absolute atomic E-state index is 0.0429. The molecular weight excluding hydrogens is 500 g/mol. The normalized spacial score (nSPS) is 14.2. The number of aryl methyl sites for hydroxylation is 1. The molecule has 2 amide bonds. The lowest BCUT2D eigenvalue weighted by Crippen LogP contribution is -2.52. The molecule has 0 radical (unpaired) electrons. The van der Waals surface area contributed by atoms with Gasteiger partial charge in [0.2, 0.25) is 11.8 Å². The van der Waals surface area contributed by atoms with Crippen LogP contribution in [0.3, 0.4) is 0 Å². The fraction of sp³-hybridized carbons (Fsp3) is 0.412. The zero-order chi connectivity index (χ0) is 28.2. The monoisotopic (exact) mass is 542 g/mol. The van der Waals surface area contributed by atoms with Gasteiger partial charge in [-0.25, -0.2) is 0 Å². The van der Waals surface area contributed by atoms with Gasteiger partial charge in [0.1, 0.15) is 17.5 Å². The van der Waals surface area contributed by atoms with E-state index in [0.717, 1.165) is 53.9 Å². The Morgan fingerprint density at radius 2 is 1.55 bits per heavy atom. The zero-order valence-corrected chi connectivity index (χ0v) is 23.8. The first-order chi connectivity index (χ1) is 19.5. The molecule has 1 atom stereocenters. The molecule has 0 saturated heterocycles. The van der Waals surface area contributed by atoms with Crippen LogP contribution in [0.15, 0.2) is 78.9 Å². The molecule has 1 saturated carbocycles. The molecular formula is C34H42N2O4. The van der Waals surface area contributed by atoms with E-state index < -0.39 is 6.04 Å². The Kier molecular flexibility index (Phi) is 11.0. The maximum atomic E-state index is 13.8. The third-order valence-electron chi connectivity index (χ3n) is 7.56. The van der Waals surface area contributed by atoms with E-state index in [2.05, 4.69) is 17.4 Å². The van der Waals surface area contributed by atoms with Crippen LogP contribution in [0.2, 0.25) is 0 Å². The van der Waals surface area contributed by atoms with Crippen LogP contribution in [0.4, 0.5) is 0 Å². The highest BCUT2D eigenvalue weighted by molar-refractivity contribution is 5.88. The molecule has 4 rings (SSSR count). The Hall–Kier alpha value is -3.80. The molecule has 0 spiro atoms. The number of carbonyl (C=O) groups excluding carboxylic acids is 2. The molecule has 1 N–H and O–H groups in total. The summed E-state index contributed by atoms with van der Waals surface area (Å²) in [5, 5.41) is 3.30. The molecule has 1 aliphatic carbocycles. The third kappa shape index (κ3) is 8.87. The Morgan fingerprint density at radius 3 is 2.23 bits per heavy atom. The van der Waals surface area contributed by atoms with Crippen LogP contribution in [-0.2, 0) is 22.6 Å². The van der Waals surface area contributed by atoms with Crippen LogP contribution in [-0.4, -0.2) is 42.5 Å². The van der Waals surface area contributed by atoms with Crippen molar-refractivity contribution >= 4 is 11.8 Å². The van der Waals surface area contributed by atoms with Gasteiger partial charge in [-0.1, -0.05) is 79.4 Å². The van der Waals surface area contributed by atoms with E-state index in [1.807, 2.05) is 73.7 Å². The van der Waals surface area contributed by atoms with Crippen molar-refractivity contribution in [1.29, 1.82) is 0 Å². The summed E-state index contributed by atoms with van der Waals surface area (Å²) >= 11 is 0. The van der Waals surface area contributed by atoms with Crippen molar-refractivity contribution in [2.75, 3.05) is 13.7 Å². The maximum Gasteiger partial charge on any atom is 0.243 e. The van der Waals surface area contributed by atoms with Crippen molar-refractivity contribution in [1.82, 2.24) is 10.2 Å². The van der Waals surface area contributed by atoms with Crippen LogP contribution in [0.25, 0.3) is 0 Å². The van der Waals surface area contributed by atoms with Gasteiger partial charge in [0.25, 0.3) is 0 Å². The van der Waals surface area contributed by atoms with E-state index in [4.69, 9.17) is 9.47 Å². The number of nitrogens with zero attached hydrogens (tertiary/aromatic N) is 1. The molecule has 212 valence electrons. The summed E-state index contributed by atoms with van der Waals surface area (Å²) in [6.45, 7) is 2.84. The molecule has 0 aliphatic heterocycles. The molecule has 1 fully saturated rings. The highest BCUT2D eigenvalue weighted by atomic mass is 16.5. The molecule has 40 heavy (non-hydrogen) atoms. The minimum Gasteiger partial charge on any atom is -0.497 e. The summed E-state index contributed by atoms with van der Waals surface area (Å²) in [5.74, 6) is 1.40. The molecule has 3 aromatic carbocycles. The second-order valence-corrected chi connectivity index (χ2v) is 10.7. The summed E-state index contributed by atoms with van der Waals surface area (Å²) in [6, 6.07) is 25.2. The van der Waals surface area contributed by atoms with Crippen molar-refractivity contribution in [3.05, 3.63) is 95.6 Å². The number of methoxy groups -OCH3 is 1. The molecule has 0 bridgehead atoms.